The van der Waals surface area contributed by atoms with Gasteiger partial charge in [-0.15, -0.1) is 0 Å². The highest BCUT2D eigenvalue weighted by Crippen LogP contribution is 2.41. The Balaban J connectivity index is 1.45. The molecule has 2 N–H and O–H groups in total. The molecule has 1 unspecified atom stereocenters. The summed E-state index contributed by atoms with van der Waals surface area (Å²) in [4.78, 5) is 24.7. The van der Waals surface area contributed by atoms with E-state index < -0.39 is 17.1 Å². The third kappa shape index (κ3) is 2.83. The van der Waals surface area contributed by atoms with Gasteiger partial charge in [-0.05, 0) is 32.0 Å². The van der Waals surface area contributed by atoms with Crippen molar-refractivity contribution in [2.24, 2.45) is 5.41 Å². The van der Waals surface area contributed by atoms with Crippen LogP contribution in [-0.2, 0) is 9.53 Å². The number of carbonyl (C=O) groups is 2. The number of carbonyl (C=O) groups excluding carboxylic acids is 2. The first-order valence-corrected chi connectivity index (χ1v) is 8.89. The SMILES string of the molecule is O=C(NCC1CC2(CCNCC2)C(=O)O1)c1cnn2ccc(Cl)c(F)c12. The van der Waals surface area contributed by atoms with Gasteiger partial charge in [0.25, 0.3) is 5.91 Å². The van der Waals surface area contributed by atoms with Crippen LogP contribution in [0, 0.1) is 11.2 Å². The molecular formula is C17H18ClFN4O3. The number of nitrogens with zero attached hydrogens (tertiary/aromatic N) is 2. The van der Waals surface area contributed by atoms with E-state index in [-0.39, 0.29) is 34.7 Å². The van der Waals surface area contributed by atoms with Crippen molar-refractivity contribution >= 4 is 29.0 Å². The first kappa shape index (κ1) is 17.2. The van der Waals surface area contributed by atoms with Crippen LogP contribution in [0.5, 0.6) is 0 Å². The van der Waals surface area contributed by atoms with Crippen LogP contribution < -0.4 is 10.6 Å². The number of hydrogen-bond acceptors (Lipinski definition) is 5. The number of rotatable bonds is 3. The predicted molar refractivity (Wildman–Crippen MR) is 91.5 cm³/mol. The molecule has 2 fully saturated rings. The first-order chi connectivity index (χ1) is 12.5. The van der Waals surface area contributed by atoms with Crippen molar-refractivity contribution in [3.05, 3.63) is 34.9 Å². The summed E-state index contributed by atoms with van der Waals surface area (Å²) in [5.41, 5.74) is -0.329. The number of piperidine rings is 1. The summed E-state index contributed by atoms with van der Waals surface area (Å²) >= 11 is 5.79. The summed E-state index contributed by atoms with van der Waals surface area (Å²) in [6.07, 6.45) is 4.47. The third-order valence-electron chi connectivity index (χ3n) is 5.20. The van der Waals surface area contributed by atoms with Gasteiger partial charge in [0.05, 0.1) is 28.7 Å². The predicted octanol–water partition coefficient (Wildman–Crippen LogP) is 1.54. The Labute approximate surface area is 153 Å². The van der Waals surface area contributed by atoms with Gasteiger partial charge >= 0.3 is 5.97 Å². The number of nitrogens with one attached hydrogen (secondary N) is 2. The molecule has 0 saturated carbocycles. The number of halogens is 2. The average Bonchev–Trinajstić information content (AvgIpc) is 3.19. The highest BCUT2D eigenvalue weighted by Gasteiger charge is 2.49. The number of aromatic nitrogens is 2. The van der Waals surface area contributed by atoms with Gasteiger partial charge in [0, 0.05) is 12.6 Å². The molecule has 4 rings (SSSR count). The Morgan fingerprint density at radius 1 is 1.50 bits per heavy atom. The van der Waals surface area contributed by atoms with Crippen molar-refractivity contribution in [1.29, 1.82) is 0 Å². The van der Waals surface area contributed by atoms with Crippen LogP contribution in [0.3, 0.4) is 0 Å². The fourth-order valence-electron chi connectivity index (χ4n) is 3.75. The van der Waals surface area contributed by atoms with Crippen molar-refractivity contribution in [2.75, 3.05) is 19.6 Å². The summed E-state index contributed by atoms with van der Waals surface area (Å²) in [7, 11) is 0. The number of hydrogen-bond donors (Lipinski definition) is 2. The molecule has 2 aliphatic heterocycles. The van der Waals surface area contributed by atoms with Crippen LogP contribution in [-0.4, -0.2) is 47.2 Å². The van der Waals surface area contributed by atoms with E-state index in [0.29, 0.717) is 6.42 Å². The van der Waals surface area contributed by atoms with Crippen molar-refractivity contribution < 1.29 is 18.7 Å². The van der Waals surface area contributed by atoms with Crippen LogP contribution >= 0.6 is 11.6 Å². The van der Waals surface area contributed by atoms with Crippen LogP contribution in [0.1, 0.15) is 29.6 Å². The lowest BCUT2D eigenvalue weighted by Gasteiger charge is -2.29. The minimum Gasteiger partial charge on any atom is -0.460 e. The van der Waals surface area contributed by atoms with E-state index in [4.69, 9.17) is 16.3 Å². The van der Waals surface area contributed by atoms with Crippen molar-refractivity contribution in [3.63, 3.8) is 0 Å². The Hall–Kier alpha value is -2.19. The molecule has 2 aliphatic rings. The van der Waals surface area contributed by atoms with Gasteiger partial charge in [-0.25, -0.2) is 8.91 Å². The molecule has 0 radical (unpaired) electrons. The second kappa shape index (κ2) is 6.51. The van der Waals surface area contributed by atoms with Crippen LogP contribution in [0.2, 0.25) is 5.02 Å². The van der Waals surface area contributed by atoms with Crippen LogP contribution in [0.25, 0.3) is 5.52 Å². The lowest BCUT2D eigenvalue weighted by molar-refractivity contribution is -0.149. The Morgan fingerprint density at radius 3 is 3.04 bits per heavy atom. The van der Waals surface area contributed by atoms with Gasteiger partial charge in [-0.2, -0.15) is 5.10 Å². The summed E-state index contributed by atoms with van der Waals surface area (Å²) in [5, 5.41) is 9.83. The average molecular weight is 381 g/mol. The highest BCUT2D eigenvalue weighted by molar-refractivity contribution is 6.31. The monoisotopic (exact) mass is 380 g/mol. The molecule has 26 heavy (non-hydrogen) atoms. The van der Waals surface area contributed by atoms with E-state index in [1.54, 1.807) is 0 Å². The lowest BCUT2D eigenvalue weighted by Crippen LogP contribution is -2.39. The van der Waals surface area contributed by atoms with Gasteiger partial charge in [0.2, 0.25) is 0 Å². The number of cyclic esters (lactones) is 1. The lowest BCUT2D eigenvalue weighted by atomic mass is 9.76. The molecular weight excluding hydrogens is 363 g/mol. The zero-order chi connectivity index (χ0) is 18.3. The normalized spacial score (nSPS) is 21.9. The second-order valence-corrected chi connectivity index (χ2v) is 7.21. The molecule has 1 amide bonds. The number of fused-ring (bicyclic) bond motifs is 1. The number of amides is 1. The van der Waals surface area contributed by atoms with Crippen molar-refractivity contribution in [3.8, 4) is 0 Å². The zero-order valence-corrected chi connectivity index (χ0v) is 14.7. The zero-order valence-electron chi connectivity index (χ0n) is 13.9. The quantitative estimate of drug-likeness (QED) is 0.789. The molecule has 0 bridgehead atoms. The standard InChI is InChI=1S/C17H18ClFN4O3/c18-12-1-6-23-14(13(12)19)11(9-22-23)15(24)21-8-10-7-17(16(25)26-10)2-4-20-5-3-17/h1,6,9-10,20H,2-5,7-8H2,(H,21,24). The minimum absolute atomic E-state index is 0.0215. The molecule has 138 valence electrons. The summed E-state index contributed by atoms with van der Waals surface area (Å²) < 4.78 is 21.0. The van der Waals surface area contributed by atoms with Crippen LogP contribution in [0.4, 0.5) is 4.39 Å². The molecule has 0 aliphatic carbocycles. The maximum Gasteiger partial charge on any atom is 0.312 e. The molecule has 9 heteroatoms. The smallest absolute Gasteiger partial charge is 0.312 e. The van der Waals surface area contributed by atoms with Crippen molar-refractivity contribution in [2.45, 2.75) is 25.4 Å². The van der Waals surface area contributed by atoms with Gasteiger partial charge < -0.3 is 15.4 Å². The second-order valence-electron chi connectivity index (χ2n) is 6.80. The summed E-state index contributed by atoms with van der Waals surface area (Å²) in [5.74, 6) is -1.37. The van der Waals surface area contributed by atoms with Gasteiger partial charge in [0.1, 0.15) is 11.6 Å². The topological polar surface area (TPSA) is 84.7 Å². The third-order valence-corrected chi connectivity index (χ3v) is 5.49. The first-order valence-electron chi connectivity index (χ1n) is 8.51. The van der Waals surface area contributed by atoms with E-state index in [1.165, 1.54) is 23.0 Å². The highest BCUT2D eigenvalue weighted by atomic mass is 35.5. The molecule has 1 atom stereocenters. The largest absolute Gasteiger partial charge is 0.460 e. The van der Waals surface area contributed by atoms with Crippen LogP contribution in [0.15, 0.2) is 18.5 Å². The maximum absolute atomic E-state index is 14.2. The Kier molecular flexibility index (Phi) is 4.32. The van der Waals surface area contributed by atoms with Gasteiger partial charge in [-0.1, -0.05) is 11.6 Å². The Morgan fingerprint density at radius 2 is 2.27 bits per heavy atom. The van der Waals surface area contributed by atoms with Crippen molar-refractivity contribution in [1.82, 2.24) is 20.2 Å². The molecule has 0 aromatic carbocycles. The molecule has 2 aromatic heterocycles. The van der Waals surface area contributed by atoms with Gasteiger partial charge in [-0.3, -0.25) is 9.59 Å². The molecule has 2 saturated heterocycles. The molecule has 4 heterocycles. The van der Waals surface area contributed by atoms with E-state index in [1.807, 2.05) is 0 Å². The fourth-order valence-corrected chi connectivity index (χ4v) is 3.89. The molecule has 7 nitrogen and oxygen atoms in total. The fraction of sp³-hybridized carbons (Fsp3) is 0.471. The molecule has 1 spiro atoms. The van der Waals surface area contributed by atoms with E-state index in [2.05, 4.69) is 15.7 Å². The number of esters is 1. The Bertz CT molecular complexity index is 878. The number of pyridine rings is 1. The summed E-state index contributed by atoms with van der Waals surface area (Å²) in [6, 6.07) is 1.37. The number of ether oxygens (including phenoxy) is 1. The maximum atomic E-state index is 14.2. The van der Waals surface area contributed by atoms with E-state index >= 15 is 0 Å². The minimum atomic E-state index is -0.697. The van der Waals surface area contributed by atoms with E-state index in [9.17, 15) is 14.0 Å². The van der Waals surface area contributed by atoms with E-state index in [0.717, 1.165) is 25.9 Å². The van der Waals surface area contributed by atoms with Gasteiger partial charge in [0.15, 0.2) is 5.82 Å². The molecule has 2 aromatic rings. The summed E-state index contributed by atoms with van der Waals surface area (Å²) in [6.45, 7) is 1.76.